The van der Waals surface area contributed by atoms with Crippen LogP contribution in [0, 0.1) is 35.0 Å². The number of aryl methyl sites for hydroxylation is 1. The molecule has 0 radical (unpaired) electrons. The van der Waals surface area contributed by atoms with Crippen molar-refractivity contribution in [3.8, 4) is 30.2 Å². The summed E-state index contributed by atoms with van der Waals surface area (Å²) >= 11 is 0. The van der Waals surface area contributed by atoms with E-state index in [1.165, 1.54) is 5.56 Å². The SMILES string of the molecule is C#CC\C=C(C(=C\C)/C(C=C)=C(/C)C(=C)N(c1ccc(C#N)cc1)c1ccccc1CC)\c1cccc(-n2c3ccccc3c3cc(C#N)ccc32)c1. The molecule has 0 fully saturated rings. The molecule has 4 heteroatoms. The first-order valence-electron chi connectivity index (χ1n) is 17.6. The van der Waals surface area contributed by atoms with E-state index in [1.54, 1.807) is 0 Å². The minimum absolute atomic E-state index is 0.439. The Morgan fingerprint density at radius 1 is 0.830 bits per heavy atom. The van der Waals surface area contributed by atoms with Crippen LogP contribution < -0.4 is 4.90 Å². The molecule has 0 N–H and O–H groups in total. The number of rotatable bonds is 11. The summed E-state index contributed by atoms with van der Waals surface area (Å²) in [5.74, 6) is 2.81. The number of fused-ring (bicyclic) bond motifs is 3. The number of anilines is 2. The van der Waals surface area contributed by atoms with Gasteiger partial charge in [0.05, 0.1) is 34.3 Å². The standard InChI is InChI=1S/C49H40N4/c1-7-11-20-44(39-18-16-19-41(31-39)53-48-23-15-13-21-45(48)46-30-37(33-51)26-29-49(46)53)43(10-4)42(9-3)34(5)35(6)52(40-27-24-36(32-50)25-28-40)47-22-14-12-17-38(47)8-2/h1,9-10,12-31H,3,6,8,11H2,2,4-5H3/b42-34-,43-10-,44-20-. The summed E-state index contributed by atoms with van der Waals surface area (Å²) in [5.41, 5.74) is 13.0. The zero-order valence-electron chi connectivity index (χ0n) is 30.4. The molecule has 0 bridgehead atoms. The molecule has 0 aliphatic rings. The molecule has 4 nitrogen and oxygen atoms in total. The Morgan fingerprint density at radius 2 is 1.53 bits per heavy atom. The normalized spacial score (nSPS) is 12.1. The molecule has 256 valence electrons. The number of hydrogen-bond donors (Lipinski definition) is 0. The van der Waals surface area contributed by atoms with E-state index in [1.807, 2.05) is 73.7 Å². The van der Waals surface area contributed by atoms with E-state index in [-0.39, 0.29) is 0 Å². The average Bonchev–Trinajstić information content (AvgIpc) is 3.54. The molecular formula is C49H40N4. The van der Waals surface area contributed by atoms with Gasteiger partial charge in [-0.25, -0.2) is 0 Å². The van der Waals surface area contributed by atoms with Gasteiger partial charge in [0.25, 0.3) is 0 Å². The van der Waals surface area contributed by atoms with Gasteiger partial charge in [-0.15, -0.1) is 12.3 Å². The third kappa shape index (κ3) is 6.86. The fraction of sp³-hybridized carbons (Fsp3) is 0.102. The summed E-state index contributed by atoms with van der Waals surface area (Å²) in [4.78, 5) is 2.16. The fourth-order valence-corrected chi connectivity index (χ4v) is 7.08. The van der Waals surface area contributed by atoms with E-state index < -0.39 is 0 Å². The molecule has 1 aromatic heterocycles. The van der Waals surface area contributed by atoms with Crippen LogP contribution >= 0.6 is 0 Å². The van der Waals surface area contributed by atoms with Crippen molar-refractivity contribution in [1.29, 1.82) is 10.5 Å². The van der Waals surface area contributed by atoms with Crippen LogP contribution in [0.15, 0.2) is 169 Å². The van der Waals surface area contributed by atoms with Crippen molar-refractivity contribution in [2.45, 2.75) is 33.6 Å². The molecule has 6 aromatic rings. The fourth-order valence-electron chi connectivity index (χ4n) is 7.08. The van der Waals surface area contributed by atoms with Gasteiger partial charge < -0.3 is 9.47 Å². The predicted octanol–water partition coefficient (Wildman–Crippen LogP) is 12.3. The molecule has 0 spiro atoms. The Morgan fingerprint density at radius 3 is 2.23 bits per heavy atom. The van der Waals surface area contributed by atoms with Gasteiger partial charge in [0.15, 0.2) is 0 Å². The van der Waals surface area contributed by atoms with Crippen molar-refractivity contribution < 1.29 is 0 Å². The van der Waals surface area contributed by atoms with Gasteiger partial charge in [0, 0.05) is 40.0 Å². The highest BCUT2D eigenvalue weighted by molar-refractivity contribution is 6.09. The summed E-state index contributed by atoms with van der Waals surface area (Å²) in [6, 6.07) is 43.1. The van der Waals surface area contributed by atoms with Crippen LogP contribution in [-0.4, -0.2) is 4.57 Å². The highest BCUT2D eigenvalue weighted by atomic mass is 15.2. The lowest BCUT2D eigenvalue weighted by Crippen LogP contribution is -2.19. The van der Waals surface area contributed by atoms with Gasteiger partial charge >= 0.3 is 0 Å². The van der Waals surface area contributed by atoms with Gasteiger partial charge in [-0.2, -0.15) is 10.5 Å². The second kappa shape index (κ2) is 15.9. The third-order valence-corrected chi connectivity index (χ3v) is 9.69. The predicted molar refractivity (Wildman–Crippen MR) is 222 cm³/mol. The van der Waals surface area contributed by atoms with Gasteiger partial charge in [-0.1, -0.05) is 86.8 Å². The van der Waals surface area contributed by atoms with Crippen molar-refractivity contribution in [1.82, 2.24) is 4.57 Å². The number of terminal acetylenes is 1. The molecule has 0 aliphatic carbocycles. The van der Waals surface area contributed by atoms with Crippen molar-refractivity contribution >= 4 is 38.8 Å². The maximum absolute atomic E-state index is 9.65. The molecule has 0 unspecified atom stereocenters. The van der Waals surface area contributed by atoms with Crippen LogP contribution in [0.1, 0.15) is 49.4 Å². The maximum atomic E-state index is 9.65. The van der Waals surface area contributed by atoms with E-state index in [2.05, 4.69) is 121 Å². The number of nitrogens with zero attached hydrogens (tertiary/aromatic N) is 4. The lowest BCUT2D eigenvalue weighted by atomic mass is 9.87. The summed E-state index contributed by atoms with van der Waals surface area (Å²) in [7, 11) is 0. The van der Waals surface area contributed by atoms with Crippen molar-refractivity contribution in [3.63, 3.8) is 0 Å². The van der Waals surface area contributed by atoms with Gasteiger partial charge in [0.2, 0.25) is 0 Å². The second-order valence-corrected chi connectivity index (χ2v) is 12.6. The molecule has 0 aliphatic heterocycles. The number of benzene rings is 5. The molecule has 0 saturated carbocycles. The summed E-state index contributed by atoms with van der Waals surface area (Å²) < 4.78 is 2.25. The molecule has 0 amide bonds. The summed E-state index contributed by atoms with van der Waals surface area (Å²) in [6.45, 7) is 15.2. The molecule has 0 saturated heterocycles. The van der Waals surface area contributed by atoms with Crippen LogP contribution in [0.3, 0.4) is 0 Å². The highest BCUT2D eigenvalue weighted by Crippen LogP contribution is 2.40. The quantitative estimate of drug-likeness (QED) is 0.101. The third-order valence-electron chi connectivity index (χ3n) is 9.69. The van der Waals surface area contributed by atoms with E-state index in [0.717, 1.165) is 78.8 Å². The first-order valence-corrected chi connectivity index (χ1v) is 17.6. The van der Waals surface area contributed by atoms with Crippen LogP contribution in [0.5, 0.6) is 0 Å². The lowest BCUT2D eigenvalue weighted by molar-refractivity contribution is 1.08. The van der Waals surface area contributed by atoms with Gasteiger partial charge in [0.1, 0.15) is 0 Å². The average molecular weight is 685 g/mol. The second-order valence-electron chi connectivity index (χ2n) is 12.6. The molecule has 6 rings (SSSR count). The molecule has 0 atom stereocenters. The Bertz CT molecular complexity index is 2600. The zero-order chi connectivity index (χ0) is 37.5. The van der Waals surface area contributed by atoms with E-state index >= 15 is 0 Å². The van der Waals surface area contributed by atoms with Crippen molar-refractivity contribution in [2.24, 2.45) is 0 Å². The van der Waals surface area contributed by atoms with E-state index in [9.17, 15) is 10.5 Å². The minimum atomic E-state index is 0.439. The van der Waals surface area contributed by atoms with Crippen molar-refractivity contribution in [2.75, 3.05) is 4.90 Å². The van der Waals surface area contributed by atoms with Crippen LogP contribution in [0.2, 0.25) is 0 Å². The van der Waals surface area contributed by atoms with Crippen LogP contribution in [0.4, 0.5) is 11.4 Å². The van der Waals surface area contributed by atoms with Gasteiger partial charge in [-0.3, -0.25) is 0 Å². The first-order chi connectivity index (χ1) is 25.9. The van der Waals surface area contributed by atoms with Crippen LogP contribution in [0.25, 0.3) is 33.1 Å². The highest BCUT2D eigenvalue weighted by Gasteiger charge is 2.22. The zero-order valence-corrected chi connectivity index (χ0v) is 30.4. The summed E-state index contributed by atoms with van der Waals surface area (Å²) in [6.07, 6.45) is 13.3. The van der Waals surface area contributed by atoms with Crippen molar-refractivity contribution in [3.05, 3.63) is 191 Å². The number of hydrogen-bond acceptors (Lipinski definition) is 3. The molecule has 53 heavy (non-hydrogen) atoms. The van der Waals surface area contributed by atoms with E-state index in [0.29, 0.717) is 17.5 Å². The Hall–Kier alpha value is -7.06. The van der Waals surface area contributed by atoms with Crippen LogP contribution in [-0.2, 0) is 6.42 Å². The lowest BCUT2D eigenvalue weighted by Gasteiger charge is -2.31. The number of para-hydroxylation sites is 2. The Balaban J connectivity index is 1.50. The van der Waals surface area contributed by atoms with Gasteiger partial charge in [-0.05, 0) is 120 Å². The maximum Gasteiger partial charge on any atom is 0.0991 e. The molecule has 5 aromatic carbocycles. The van der Waals surface area contributed by atoms with E-state index in [4.69, 9.17) is 6.42 Å². The smallest absolute Gasteiger partial charge is 0.0991 e. The Labute approximate surface area is 312 Å². The number of aromatic nitrogens is 1. The Kier molecular flexibility index (Phi) is 10.7. The molecule has 1 heterocycles. The number of allylic oxidation sites excluding steroid dienone is 7. The number of nitriles is 2. The minimum Gasteiger partial charge on any atom is -0.311 e. The summed E-state index contributed by atoms with van der Waals surface area (Å²) in [5, 5.41) is 21.3. The first kappa shape index (κ1) is 35.8. The monoisotopic (exact) mass is 684 g/mol. The topological polar surface area (TPSA) is 55.8 Å². The molecular weight excluding hydrogens is 645 g/mol. The largest absolute Gasteiger partial charge is 0.311 e.